The SMILES string of the molecule is O=C(Nc1ccc(Oc2cccc3cccnc23)cc1)Nc1cc(C(F)(F)F)cc(C(F)(F)F)c1. The van der Waals surface area contributed by atoms with Crippen molar-refractivity contribution in [3.63, 3.8) is 0 Å². The topological polar surface area (TPSA) is 63.2 Å². The normalized spacial score (nSPS) is 11.8. The fraction of sp³-hybridized carbons (Fsp3) is 0.0833. The third kappa shape index (κ3) is 5.81. The van der Waals surface area contributed by atoms with Gasteiger partial charge in [0.1, 0.15) is 11.3 Å². The predicted molar refractivity (Wildman–Crippen MR) is 117 cm³/mol. The van der Waals surface area contributed by atoms with Gasteiger partial charge in [0.05, 0.1) is 11.1 Å². The van der Waals surface area contributed by atoms with Crippen LogP contribution in [0.2, 0.25) is 0 Å². The van der Waals surface area contributed by atoms with Crippen LogP contribution >= 0.6 is 0 Å². The van der Waals surface area contributed by atoms with Crippen molar-refractivity contribution in [2.75, 3.05) is 10.6 Å². The molecule has 0 saturated carbocycles. The van der Waals surface area contributed by atoms with Gasteiger partial charge in [-0.05, 0) is 54.6 Å². The van der Waals surface area contributed by atoms with Crippen molar-refractivity contribution in [1.82, 2.24) is 4.98 Å². The van der Waals surface area contributed by atoms with Gasteiger partial charge >= 0.3 is 18.4 Å². The van der Waals surface area contributed by atoms with E-state index in [2.05, 4.69) is 10.3 Å². The zero-order valence-corrected chi connectivity index (χ0v) is 17.5. The van der Waals surface area contributed by atoms with Crippen LogP contribution in [0.25, 0.3) is 10.9 Å². The Morgan fingerprint density at radius 3 is 1.97 bits per heavy atom. The molecule has 0 fully saturated rings. The number of aromatic nitrogens is 1. The number of ether oxygens (including phenoxy) is 1. The molecule has 0 bridgehead atoms. The van der Waals surface area contributed by atoms with E-state index in [9.17, 15) is 31.1 Å². The molecule has 2 N–H and O–H groups in total. The number of fused-ring (bicyclic) bond motifs is 1. The molecular weight excluding hydrogens is 476 g/mol. The summed E-state index contributed by atoms with van der Waals surface area (Å²) >= 11 is 0. The van der Waals surface area contributed by atoms with E-state index in [0.29, 0.717) is 29.1 Å². The maximum Gasteiger partial charge on any atom is 0.416 e. The Hall–Kier alpha value is -4.28. The van der Waals surface area contributed by atoms with Gasteiger partial charge in [0.2, 0.25) is 0 Å². The van der Waals surface area contributed by atoms with E-state index in [1.165, 1.54) is 24.3 Å². The fourth-order valence-corrected chi connectivity index (χ4v) is 3.21. The molecule has 5 nitrogen and oxygen atoms in total. The molecule has 180 valence electrons. The van der Waals surface area contributed by atoms with Crippen molar-refractivity contribution < 1.29 is 35.9 Å². The lowest BCUT2D eigenvalue weighted by Crippen LogP contribution is -2.20. The second-order valence-corrected chi connectivity index (χ2v) is 7.33. The van der Waals surface area contributed by atoms with Gasteiger partial charge in [-0.25, -0.2) is 4.79 Å². The van der Waals surface area contributed by atoms with E-state index in [0.717, 1.165) is 5.39 Å². The molecule has 11 heteroatoms. The lowest BCUT2D eigenvalue weighted by Gasteiger charge is -2.15. The number of alkyl halides is 6. The number of amides is 2. The molecular formula is C24H15F6N3O2. The molecule has 4 rings (SSSR count). The number of benzene rings is 3. The van der Waals surface area contributed by atoms with Gasteiger partial charge in [-0.15, -0.1) is 0 Å². The van der Waals surface area contributed by atoms with E-state index in [1.54, 1.807) is 24.4 Å². The van der Waals surface area contributed by atoms with Crippen molar-refractivity contribution in [3.05, 3.63) is 90.1 Å². The number of anilines is 2. The third-order valence-corrected chi connectivity index (χ3v) is 4.78. The number of para-hydroxylation sites is 1. The average Bonchev–Trinajstić information content (AvgIpc) is 2.79. The molecule has 0 atom stereocenters. The molecule has 3 aromatic carbocycles. The van der Waals surface area contributed by atoms with Gasteiger partial charge in [0.25, 0.3) is 0 Å². The van der Waals surface area contributed by atoms with Crippen LogP contribution in [0.1, 0.15) is 11.1 Å². The smallest absolute Gasteiger partial charge is 0.416 e. The number of carbonyl (C=O) groups excluding carboxylic acids is 1. The highest BCUT2D eigenvalue weighted by molar-refractivity contribution is 5.99. The zero-order chi connectivity index (χ0) is 25.2. The van der Waals surface area contributed by atoms with E-state index in [-0.39, 0.29) is 11.8 Å². The number of nitrogens with one attached hydrogen (secondary N) is 2. The van der Waals surface area contributed by atoms with Crippen LogP contribution < -0.4 is 15.4 Å². The number of nitrogens with zero attached hydrogens (tertiary/aromatic N) is 1. The Bertz CT molecular complexity index is 1330. The average molecular weight is 491 g/mol. The van der Waals surface area contributed by atoms with Crippen LogP contribution in [0.5, 0.6) is 11.5 Å². The molecule has 0 saturated heterocycles. The number of hydrogen-bond acceptors (Lipinski definition) is 3. The molecule has 0 unspecified atom stereocenters. The van der Waals surface area contributed by atoms with Crippen LogP contribution in [-0.2, 0) is 12.4 Å². The predicted octanol–water partition coefficient (Wildman–Crippen LogP) is 7.71. The molecule has 1 heterocycles. The van der Waals surface area contributed by atoms with Crippen LogP contribution in [-0.4, -0.2) is 11.0 Å². The first kappa shape index (κ1) is 23.9. The summed E-state index contributed by atoms with van der Waals surface area (Å²) in [5.41, 5.74) is -2.85. The highest BCUT2D eigenvalue weighted by Crippen LogP contribution is 2.37. The summed E-state index contributed by atoms with van der Waals surface area (Å²) in [7, 11) is 0. The zero-order valence-electron chi connectivity index (χ0n) is 17.5. The van der Waals surface area contributed by atoms with Gasteiger partial charge in [0, 0.05) is 23.0 Å². The molecule has 0 aliphatic carbocycles. The summed E-state index contributed by atoms with van der Waals surface area (Å²) in [4.78, 5) is 16.5. The number of pyridine rings is 1. The number of rotatable bonds is 4. The Labute approximate surface area is 194 Å². The summed E-state index contributed by atoms with van der Waals surface area (Å²) < 4.78 is 83.8. The Balaban J connectivity index is 1.46. The van der Waals surface area contributed by atoms with Gasteiger partial charge in [-0.3, -0.25) is 4.98 Å². The van der Waals surface area contributed by atoms with E-state index in [1.807, 2.05) is 17.4 Å². The summed E-state index contributed by atoms with van der Waals surface area (Å²) in [5, 5.41) is 5.23. The van der Waals surface area contributed by atoms with Gasteiger partial charge in [-0.1, -0.05) is 18.2 Å². The monoisotopic (exact) mass is 491 g/mol. The fourth-order valence-electron chi connectivity index (χ4n) is 3.21. The second kappa shape index (κ2) is 9.16. The van der Waals surface area contributed by atoms with Crippen LogP contribution in [0.4, 0.5) is 42.5 Å². The molecule has 35 heavy (non-hydrogen) atoms. The molecule has 4 aromatic rings. The van der Waals surface area contributed by atoms with Crippen molar-refractivity contribution >= 4 is 28.3 Å². The minimum absolute atomic E-state index is 0.0206. The summed E-state index contributed by atoms with van der Waals surface area (Å²) in [6.07, 6.45) is -8.42. The third-order valence-electron chi connectivity index (χ3n) is 4.78. The van der Waals surface area contributed by atoms with Crippen molar-refractivity contribution in [2.45, 2.75) is 12.4 Å². The van der Waals surface area contributed by atoms with Crippen LogP contribution in [0, 0.1) is 0 Å². The summed E-state index contributed by atoms with van der Waals surface area (Å²) in [6, 6.07) is 14.9. The summed E-state index contributed by atoms with van der Waals surface area (Å²) in [5.74, 6) is 0.924. The van der Waals surface area contributed by atoms with Gasteiger partial charge in [0.15, 0.2) is 5.75 Å². The lowest BCUT2D eigenvalue weighted by atomic mass is 10.1. The number of carbonyl (C=O) groups is 1. The minimum Gasteiger partial charge on any atom is -0.455 e. The van der Waals surface area contributed by atoms with Gasteiger partial charge < -0.3 is 15.4 Å². The first-order valence-corrected chi connectivity index (χ1v) is 9.98. The van der Waals surface area contributed by atoms with E-state index in [4.69, 9.17) is 4.74 Å². The maximum atomic E-state index is 13.0. The lowest BCUT2D eigenvalue weighted by molar-refractivity contribution is -0.143. The standard InChI is InChI=1S/C24H15F6N3O2/c25-23(26,27)15-11-16(24(28,29)30)13-18(12-15)33-22(34)32-17-6-8-19(9-7-17)35-20-5-1-3-14-4-2-10-31-21(14)20/h1-13H,(H2,32,33,34). The molecule has 0 radical (unpaired) electrons. The minimum atomic E-state index is -5.02. The van der Waals surface area contributed by atoms with Gasteiger partial charge in [-0.2, -0.15) is 26.3 Å². The van der Waals surface area contributed by atoms with Crippen molar-refractivity contribution in [2.24, 2.45) is 0 Å². The Kier molecular flexibility index (Phi) is 6.25. The number of hydrogen-bond donors (Lipinski definition) is 2. The largest absolute Gasteiger partial charge is 0.455 e. The van der Waals surface area contributed by atoms with E-state index >= 15 is 0 Å². The van der Waals surface area contributed by atoms with E-state index < -0.39 is 35.2 Å². The molecule has 0 aliphatic rings. The highest BCUT2D eigenvalue weighted by atomic mass is 19.4. The van der Waals surface area contributed by atoms with Crippen molar-refractivity contribution in [3.8, 4) is 11.5 Å². The summed E-state index contributed by atoms with van der Waals surface area (Å²) in [6.45, 7) is 0. The Morgan fingerprint density at radius 2 is 1.34 bits per heavy atom. The van der Waals surface area contributed by atoms with Crippen LogP contribution in [0.3, 0.4) is 0 Å². The Morgan fingerprint density at radius 1 is 0.743 bits per heavy atom. The molecule has 0 aliphatic heterocycles. The maximum absolute atomic E-state index is 13.0. The number of urea groups is 1. The molecule has 0 spiro atoms. The second-order valence-electron chi connectivity index (χ2n) is 7.33. The quantitative estimate of drug-likeness (QED) is 0.288. The molecule has 1 aromatic heterocycles. The van der Waals surface area contributed by atoms with Crippen molar-refractivity contribution in [1.29, 1.82) is 0 Å². The number of halogens is 6. The molecule has 2 amide bonds. The van der Waals surface area contributed by atoms with Crippen LogP contribution in [0.15, 0.2) is 79.0 Å². The highest BCUT2D eigenvalue weighted by Gasteiger charge is 2.37. The first-order chi connectivity index (χ1) is 16.5. The first-order valence-electron chi connectivity index (χ1n) is 9.98.